The van der Waals surface area contributed by atoms with Crippen LogP contribution < -0.4 is 5.73 Å². The number of benzene rings is 2. The fraction of sp³-hybridized carbons (Fsp3) is 0.419. The van der Waals surface area contributed by atoms with Crippen LogP contribution in [0, 0.1) is 5.41 Å². The highest BCUT2D eigenvalue weighted by molar-refractivity contribution is 5.58. The summed E-state index contributed by atoms with van der Waals surface area (Å²) < 4.78 is 6.02. The first kappa shape index (κ1) is 23.9. The third kappa shape index (κ3) is 4.70. The molecule has 0 bridgehead atoms. The van der Waals surface area contributed by atoms with Crippen LogP contribution in [0.15, 0.2) is 94.6 Å². The van der Waals surface area contributed by atoms with E-state index < -0.39 is 0 Å². The average Bonchev–Trinajstić information content (AvgIpc) is 3.14. The molecule has 0 spiro atoms. The summed E-state index contributed by atoms with van der Waals surface area (Å²) >= 11 is 0. The Labute approximate surface area is 210 Å². The van der Waals surface area contributed by atoms with Crippen LogP contribution in [0.25, 0.3) is 0 Å². The molecule has 2 aliphatic heterocycles. The second-order valence-electron chi connectivity index (χ2n) is 10.8. The lowest BCUT2D eigenvalue weighted by atomic mass is 9.85. The van der Waals surface area contributed by atoms with Crippen molar-refractivity contribution in [3.05, 3.63) is 106 Å². The topological polar surface area (TPSA) is 41.7 Å². The van der Waals surface area contributed by atoms with Gasteiger partial charge in [-0.15, -0.1) is 0 Å². The van der Waals surface area contributed by atoms with Crippen molar-refractivity contribution in [3.8, 4) is 0 Å². The van der Waals surface area contributed by atoms with E-state index in [1.807, 2.05) is 6.92 Å². The normalized spacial score (nSPS) is 23.8. The SMILES string of the molecule is CC1=C(C)C2=C(N)C(C)(CN3CCN(CC(c4ccccc4)c4ccccc4)CC3)CC2=C(C)O1. The molecule has 0 radical (unpaired) electrons. The summed E-state index contributed by atoms with van der Waals surface area (Å²) in [7, 11) is 0. The van der Waals surface area contributed by atoms with Crippen molar-refractivity contribution >= 4 is 0 Å². The van der Waals surface area contributed by atoms with E-state index >= 15 is 0 Å². The molecule has 0 aromatic heterocycles. The van der Waals surface area contributed by atoms with E-state index in [2.05, 4.69) is 91.2 Å². The first-order valence-corrected chi connectivity index (χ1v) is 13.0. The zero-order chi connectivity index (χ0) is 24.6. The third-order valence-corrected chi connectivity index (χ3v) is 8.30. The fourth-order valence-electron chi connectivity index (χ4n) is 6.11. The molecule has 1 aliphatic carbocycles. The van der Waals surface area contributed by atoms with E-state index in [0.717, 1.165) is 62.9 Å². The Hall–Kier alpha value is -2.82. The van der Waals surface area contributed by atoms with E-state index in [1.54, 1.807) is 0 Å². The second-order valence-corrected chi connectivity index (χ2v) is 10.8. The molecule has 2 heterocycles. The van der Waals surface area contributed by atoms with Crippen molar-refractivity contribution in [1.82, 2.24) is 9.80 Å². The number of nitrogens with two attached hydrogens (primary N) is 1. The van der Waals surface area contributed by atoms with Crippen LogP contribution in [0.1, 0.15) is 51.2 Å². The van der Waals surface area contributed by atoms with Crippen LogP contribution in [0.3, 0.4) is 0 Å². The Morgan fingerprint density at radius 2 is 1.37 bits per heavy atom. The molecule has 2 aromatic rings. The molecule has 35 heavy (non-hydrogen) atoms. The summed E-state index contributed by atoms with van der Waals surface area (Å²) in [4.78, 5) is 5.25. The van der Waals surface area contributed by atoms with Crippen LogP contribution in [0.4, 0.5) is 0 Å². The Morgan fingerprint density at radius 1 is 0.829 bits per heavy atom. The molecule has 2 N–H and O–H groups in total. The number of hydrogen-bond acceptors (Lipinski definition) is 4. The number of piperazine rings is 1. The van der Waals surface area contributed by atoms with Crippen LogP contribution >= 0.6 is 0 Å². The van der Waals surface area contributed by atoms with Gasteiger partial charge in [-0.25, -0.2) is 0 Å². The molecule has 4 heteroatoms. The van der Waals surface area contributed by atoms with Gasteiger partial charge in [-0.05, 0) is 43.9 Å². The maximum atomic E-state index is 6.84. The van der Waals surface area contributed by atoms with Crippen molar-refractivity contribution in [2.75, 3.05) is 39.3 Å². The number of ether oxygens (including phenoxy) is 1. The van der Waals surface area contributed by atoms with Crippen LogP contribution in [0.2, 0.25) is 0 Å². The molecule has 2 aromatic carbocycles. The molecule has 4 nitrogen and oxygen atoms in total. The second kappa shape index (κ2) is 9.67. The minimum absolute atomic E-state index is 0.0417. The van der Waals surface area contributed by atoms with Crippen molar-refractivity contribution in [1.29, 1.82) is 0 Å². The standard InChI is InChI=1S/C31H39N3O/c1-22-23(2)35-24(3)27-19-31(4,30(32)29(22)27)21-34-17-15-33(16-18-34)20-28(25-11-7-5-8-12-25)26-13-9-6-10-14-26/h5-14,28H,15-21,32H2,1-4H3. The zero-order valence-electron chi connectivity index (χ0n) is 21.7. The van der Waals surface area contributed by atoms with Gasteiger partial charge in [0.05, 0.1) is 0 Å². The van der Waals surface area contributed by atoms with E-state index in [4.69, 9.17) is 10.5 Å². The van der Waals surface area contributed by atoms with Crippen LogP contribution in [-0.4, -0.2) is 49.1 Å². The third-order valence-electron chi connectivity index (χ3n) is 8.30. The summed E-state index contributed by atoms with van der Waals surface area (Å²) in [6, 6.07) is 21.9. The first-order valence-electron chi connectivity index (χ1n) is 13.0. The molecule has 1 saturated heterocycles. The van der Waals surface area contributed by atoms with Crippen molar-refractivity contribution in [2.45, 2.75) is 40.0 Å². The lowest BCUT2D eigenvalue weighted by Gasteiger charge is -2.40. The minimum Gasteiger partial charge on any atom is -0.466 e. The molecule has 5 rings (SSSR count). The van der Waals surface area contributed by atoms with E-state index in [1.165, 1.54) is 27.8 Å². The van der Waals surface area contributed by atoms with Gasteiger partial charge >= 0.3 is 0 Å². The van der Waals surface area contributed by atoms with Gasteiger partial charge < -0.3 is 10.5 Å². The van der Waals surface area contributed by atoms with Crippen molar-refractivity contribution < 1.29 is 4.74 Å². The molecule has 0 amide bonds. The highest BCUT2D eigenvalue weighted by Crippen LogP contribution is 2.50. The average molecular weight is 470 g/mol. The lowest BCUT2D eigenvalue weighted by Crippen LogP contribution is -2.50. The molecule has 0 saturated carbocycles. The van der Waals surface area contributed by atoms with E-state index in [-0.39, 0.29) is 5.41 Å². The molecule has 1 atom stereocenters. The maximum Gasteiger partial charge on any atom is 0.104 e. The van der Waals surface area contributed by atoms with Gasteiger partial charge in [0.25, 0.3) is 0 Å². The van der Waals surface area contributed by atoms with E-state index in [9.17, 15) is 0 Å². The monoisotopic (exact) mass is 469 g/mol. The van der Waals surface area contributed by atoms with Gasteiger partial charge in [0.2, 0.25) is 0 Å². The van der Waals surface area contributed by atoms with Gasteiger partial charge in [0, 0.05) is 67.4 Å². The zero-order valence-corrected chi connectivity index (χ0v) is 21.7. The summed E-state index contributed by atoms with van der Waals surface area (Å²) in [6.07, 6.45) is 0.967. The molecular weight excluding hydrogens is 430 g/mol. The van der Waals surface area contributed by atoms with Gasteiger partial charge in [-0.2, -0.15) is 0 Å². The maximum absolute atomic E-state index is 6.84. The summed E-state index contributed by atoms with van der Waals surface area (Å²) in [5, 5.41) is 0. The molecule has 1 fully saturated rings. The highest BCUT2D eigenvalue weighted by Gasteiger charge is 2.43. The number of nitrogens with zero attached hydrogens (tertiary/aromatic N) is 2. The number of hydrogen-bond donors (Lipinski definition) is 1. The smallest absolute Gasteiger partial charge is 0.104 e. The highest BCUT2D eigenvalue weighted by atomic mass is 16.5. The Bertz CT molecular complexity index is 1120. The fourth-order valence-corrected chi connectivity index (χ4v) is 6.11. The largest absolute Gasteiger partial charge is 0.466 e. The summed E-state index contributed by atoms with van der Waals surface area (Å²) in [6.45, 7) is 15.0. The minimum atomic E-state index is -0.0417. The van der Waals surface area contributed by atoms with Gasteiger partial charge in [0.1, 0.15) is 11.5 Å². The van der Waals surface area contributed by atoms with Gasteiger partial charge in [0.15, 0.2) is 0 Å². The van der Waals surface area contributed by atoms with Crippen molar-refractivity contribution in [3.63, 3.8) is 0 Å². The summed E-state index contributed by atoms with van der Waals surface area (Å²) in [5.74, 6) is 2.40. The molecular formula is C31H39N3O. The quantitative estimate of drug-likeness (QED) is 0.593. The lowest BCUT2D eigenvalue weighted by molar-refractivity contribution is 0.101. The number of rotatable bonds is 6. The number of fused-ring (bicyclic) bond motifs is 1. The molecule has 1 unspecified atom stereocenters. The molecule has 184 valence electrons. The van der Waals surface area contributed by atoms with Crippen LogP contribution in [-0.2, 0) is 4.74 Å². The Kier molecular flexibility index (Phi) is 6.61. The Balaban J connectivity index is 1.26. The van der Waals surface area contributed by atoms with Gasteiger partial charge in [-0.3, -0.25) is 9.80 Å². The predicted octanol–water partition coefficient (Wildman–Crippen LogP) is 5.66. The van der Waals surface area contributed by atoms with Crippen molar-refractivity contribution in [2.24, 2.45) is 11.1 Å². The van der Waals surface area contributed by atoms with Crippen LogP contribution in [0.5, 0.6) is 0 Å². The summed E-state index contributed by atoms with van der Waals surface area (Å²) in [5.41, 5.74) is 14.4. The van der Waals surface area contributed by atoms with E-state index in [0.29, 0.717) is 5.92 Å². The molecule has 3 aliphatic rings. The first-order chi connectivity index (χ1) is 16.9. The Morgan fingerprint density at radius 3 is 1.94 bits per heavy atom. The predicted molar refractivity (Wildman–Crippen MR) is 144 cm³/mol. The van der Waals surface area contributed by atoms with Gasteiger partial charge in [-0.1, -0.05) is 67.6 Å². The number of allylic oxidation sites excluding steroid dienone is 5.